The van der Waals surface area contributed by atoms with Crippen molar-refractivity contribution in [3.8, 4) is 0 Å². The largest absolute Gasteiger partial charge is 0.317 e. The molecule has 4 nitrogen and oxygen atoms in total. The predicted octanol–water partition coefficient (Wildman–Crippen LogP) is 1.61. The molecule has 19 heavy (non-hydrogen) atoms. The van der Waals surface area contributed by atoms with Crippen LogP contribution in [0.4, 0.5) is 0 Å². The SMILES string of the molecule is Cc1nn(C)c(C)c1CN1CCC2(CCNCC2)C1. The van der Waals surface area contributed by atoms with Crippen LogP contribution in [0.1, 0.15) is 36.2 Å². The number of nitrogens with one attached hydrogen (secondary N) is 1. The zero-order valence-corrected chi connectivity index (χ0v) is 12.5. The van der Waals surface area contributed by atoms with Crippen molar-refractivity contribution in [3.63, 3.8) is 0 Å². The fourth-order valence-electron chi connectivity index (χ4n) is 3.80. The van der Waals surface area contributed by atoms with Crippen LogP contribution in [0.2, 0.25) is 0 Å². The fourth-order valence-corrected chi connectivity index (χ4v) is 3.80. The second kappa shape index (κ2) is 4.91. The Balaban J connectivity index is 1.68. The van der Waals surface area contributed by atoms with Gasteiger partial charge in [0.25, 0.3) is 0 Å². The third-order valence-electron chi connectivity index (χ3n) is 5.22. The lowest BCUT2D eigenvalue weighted by Crippen LogP contribution is -2.38. The smallest absolute Gasteiger partial charge is 0.0641 e. The maximum absolute atomic E-state index is 4.54. The molecule has 1 aromatic heterocycles. The van der Waals surface area contributed by atoms with E-state index in [4.69, 9.17) is 0 Å². The van der Waals surface area contributed by atoms with Crippen LogP contribution in [-0.4, -0.2) is 40.9 Å². The molecule has 2 fully saturated rings. The summed E-state index contributed by atoms with van der Waals surface area (Å²) in [7, 11) is 2.05. The van der Waals surface area contributed by atoms with Crippen LogP contribution in [0.25, 0.3) is 0 Å². The molecule has 3 rings (SSSR count). The monoisotopic (exact) mass is 262 g/mol. The van der Waals surface area contributed by atoms with Gasteiger partial charge in [-0.3, -0.25) is 9.58 Å². The van der Waals surface area contributed by atoms with Crippen LogP contribution >= 0.6 is 0 Å². The highest BCUT2D eigenvalue weighted by molar-refractivity contribution is 5.24. The van der Waals surface area contributed by atoms with Gasteiger partial charge >= 0.3 is 0 Å². The Morgan fingerprint density at radius 2 is 1.95 bits per heavy atom. The normalized spacial score (nSPS) is 23.3. The molecule has 0 unspecified atom stereocenters. The van der Waals surface area contributed by atoms with E-state index in [-0.39, 0.29) is 0 Å². The van der Waals surface area contributed by atoms with Gasteiger partial charge < -0.3 is 5.32 Å². The lowest BCUT2D eigenvalue weighted by molar-refractivity contribution is 0.193. The van der Waals surface area contributed by atoms with Crippen molar-refractivity contribution in [2.24, 2.45) is 12.5 Å². The van der Waals surface area contributed by atoms with E-state index >= 15 is 0 Å². The Kier molecular flexibility index (Phi) is 3.39. The van der Waals surface area contributed by atoms with E-state index < -0.39 is 0 Å². The third kappa shape index (κ3) is 2.43. The minimum atomic E-state index is 0.606. The van der Waals surface area contributed by atoms with Crippen molar-refractivity contribution in [1.29, 1.82) is 0 Å². The molecule has 0 atom stereocenters. The first-order valence-electron chi connectivity index (χ1n) is 7.52. The number of piperidine rings is 1. The number of aromatic nitrogens is 2. The molecular weight excluding hydrogens is 236 g/mol. The minimum absolute atomic E-state index is 0.606. The van der Waals surface area contributed by atoms with E-state index in [2.05, 4.69) is 29.2 Å². The quantitative estimate of drug-likeness (QED) is 0.879. The van der Waals surface area contributed by atoms with Gasteiger partial charge in [-0.1, -0.05) is 0 Å². The van der Waals surface area contributed by atoms with Crippen LogP contribution in [0, 0.1) is 19.3 Å². The molecule has 0 bridgehead atoms. The Morgan fingerprint density at radius 1 is 1.21 bits per heavy atom. The van der Waals surface area contributed by atoms with Gasteiger partial charge in [0.15, 0.2) is 0 Å². The van der Waals surface area contributed by atoms with Gasteiger partial charge in [-0.25, -0.2) is 0 Å². The van der Waals surface area contributed by atoms with Crippen molar-refractivity contribution < 1.29 is 0 Å². The molecule has 2 saturated heterocycles. The van der Waals surface area contributed by atoms with Gasteiger partial charge in [0.05, 0.1) is 5.69 Å². The molecule has 3 heterocycles. The Bertz CT molecular complexity index is 457. The summed E-state index contributed by atoms with van der Waals surface area (Å²) in [5, 5.41) is 8.03. The van der Waals surface area contributed by atoms with Crippen LogP contribution in [-0.2, 0) is 13.6 Å². The van der Waals surface area contributed by atoms with Crippen LogP contribution in [0.3, 0.4) is 0 Å². The van der Waals surface area contributed by atoms with Gasteiger partial charge in [-0.05, 0) is 58.2 Å². The first-order chi connectivity index (χ1) is 9.10. The van der Waals surface area contributed by atoms with Gasteiger partial charge in [0.2, 0.25) is 0 Å². The predicted molar refractivity (Wildman–Crippen MR) is 77.1 cm³/mol. The Morgan fingerprint density at radius 3 is 2.58 bits per heavy atom. The van der Waals surface area contributed by atoms with Crippen molar-refractivity contribution in [1.82, 2.24) is 20.0 Å². The third-order valence-corrected chi connectivity index (χ3v) is 5.22. The van der Waals surface area contributed by atoms with Gasteiger partial charge in [-0.2, -0.15) is 5.10 Å². The molecule has 1 aromatic rings. The van der Waals surface area contributed by atoms with E-state index in [0.717, 1.165) is 6.54 Å². The number of hydrogen-bond acceptors (Lipinski definition) is 3. The van der Waals surface area contributed by atoms with E-state index in [1.807, 2.05) is 11.7 Å². The number of hydrogen-bond donors (Lipinski definition) is 1. The van der Waals surface area contributed by atoms with Crippen molar-refractivity contribution in [2.75, 3.05) is 26.2 Å². The number of rotatable bonds is 2. The molecule has 0 aromatic carbocycles. The summed E-state index contributed by atoms with van der Waals surface area (Å²) in [6.45, 7) is 10.4. The highest BCUT2D eigenvalue weighted by Crippen LogP contribution is 2.39. The maximum Gasteiger partial charge on any atom is 0.0641 e. The first kappa shape index (κ1) is 13.1. The molecule has 2 aliphatic heterocycles. The van der Waals surface area contributed by atoms with E-state index in [0.29, 0.717) is 5.41 Å². The number of nitrogens with zero attached hydrogens (tertiary/aromatic N) is 3. The minimum Gasteiger partial charge on any atom is -0.317 e. The molecule has 0 saturated carbocycles. The molecule has 0 radical (unpaired) electrons. The topological polar surface area (TPSA) is 33.1 Å². The van der Waals surface area contributed by atoms with E-state index in [1.54, 1.807) is 0 Å². The molecule has 0 aliphatic carbocycles. The molecule has 4 heteroatoms. The average Bonchev–Trinajstić information content (AvgIpc) is 2.88. The number of likely N-dealkylation sites (tertiary alicyclic amines) is 1. The summed E-state index contributed by atoms with van der Waals surface area (Å²) in [4.78, 5) is 2.64. The number of aryl methyl sites for hydroxylation is 2. The summed E-state index contributed by atoms with van der Waals surface area (Å²) in [6.07, 6.45) is 4.09. The van der Waals surface area contributed by atoms with Crippen molar-refractivity contribution in [2.45, 2.75) is 39.7 Å². The highest BCUT2D eigenvalue weighted by atomic mass is 15.3. The Labute approximate surface area is 116 Å². The van der Waals surface area contributed by atoms with Crippen LogP contribution in [0.5, 0.6) is 0 Å². The van der Waals surface area contributed by atoms with Crippen molar-refractivity contribution >= 4 is 0 Å². The summed E-state index contributed by atoms with van der Waals surface area (Å²) in [5.41, 5.74) is 4.57. The van der Waals surface area contributed by atoms with Crippen LogP contribution < -0.4 is 5.32 Å². The summed E-state index contributed by atoms with van der Waals surface area (Å²) in [5.74, 6) is 0. The van der Waals surface area contributed by atoms with Gasteiger partial charge in [-0.15, -0.1) is 0 Å². The Hall–Kier alpha value is -0.870. The highest BCUT2D eigenvalue weighted by Gasteiger charge is 2.38. The molecule has 0 amide bonds. The lowest BCUT2D eigenvalue weighted by Gasteiger charge is -2.34. The molecule has 1 N–H and O–H groups in total. The van der Waals surface area contributed by atoms with Gasteiger partial charge in [0.1, 0.15) is 0 Å². The van der Waals surface area contributed by atoms with Crippen LogP contribution in [0.15, 0.2) is 0 Å². The first-order valence-corrected chi connectivity index (χ1v) is 7.52. The molecule has 106 valence electrons. The fraction of sp³-hybridized carbons (Fsp3) is 0.800. The summed E-state index contributed by atoms with van der Waals surface area (Å²) >= 11 is 0. The average molecular weight is 262 g/mol. The second-order valence-electron chi connectivity index (χ2n) is 6.48. The van der Waals surface area contributed by atoms with Gasteiger partial charge in [0, 0.05) is 31.4 Å². The lowest BCUT2D eigenvalue weighted by atomic mass is 9.78. The summed E-state index contributed by atoms with van der Waals surface area (Å²) < 4.78 is 2.01. The maximum atomic E-state index is 4.54. The zero-order chi connectivity index (χ0) is 13.5. The molecule has 1 spiro atoms. The molecular formula is C15H26N4. The summed E-state index contributed by atoms with van der Waals surface area (Å²) in [6, 6.07) is 0. The van der Waals surface area contributed by atoms with Crippen molar-refractivity contribution in [3.05, 3.63) is 17.0 Å². The zero-order valence-electron chi connectivity index (χ0n) is 12.5. The molecule has 2 aliphatic rings. The standard InChI is InChI=1S/C15H26N4/c1-12-14(13(2)18(3)17-12)10-19-9-6-15(11-19)4-7-16-8-5-15/h16H,4-11H2,1-3H3. The second-order valence-corrected chi connectivity index (χ2v) is 6.48. The van der Waals surface area contributed by atoms with E-state index in [1.165, 1.54) is 62.4 Å². The van der Waals surface area contributed by atoms with E-state index in [9.17, 15) is 0 Å².